The summed E-state index contributed by atoms with van der Waals surface area (Å²) in [7, 11) is 0. The molecule has 5 nitrogen and oxygen atoms in total. The summed E-state index contributed by atoms with van der Waals surface area (Å²) in [6, 6.07) is 17.2. The number of hydrogen-bond acceptors (Lipinski definition) is 4. The highest BCUT2D eigenvalue weighted by Gasteiger charge is 2.22. The molecule has 0 amide bonds. The summed E-state index contributed by atoms with van der Waals surface area (Å²) in [4.78, 5) is 26.8. The van der Waals surface area contributed by atoms with Crippen LogP contribution in [0.25, 0.3) is 10.9 Å². The average Bonchev–Trinajstić information content (AvgIpc) is 3.24. The van der Waals surface area contributed by atoms with Crippen LogP contribution in [0.15, 0.2) is 65.6 Å². The Hall–Kier alpha value is -3.86. The Morgan fingerprint density at radius 2 is 1.72 bits per heavy atom. The second-order valence-corrected chi connectivity index (χ2v) is 8.34. The van der Waals surface area contributed by atoms with Crippen molar-refractivity contribution < 1.29 is 14.3 Å². The molecule has 0 radical (unpaired) electrons. The number of benzene rings is 3. The zero-order valence-corrected chi connectivity index (χ0v) is 18.3. The molecule has 5 heteroatoms. The van der Waals surface area contributed by atoms with E-state index in [0.29, 0.717) is 34.5 Å². The van der Waals surface area contributed by atoms with Crippen LogP contribution in [0.5, 0.6) is 11.5 Å². The van der Waals surface area contributed by atoms with Crippen molar-refractivity contribution >= 4 is 16.7 Å². The Bertz CT molecular complexity index is 1450. The van der Waals surface area contributed by atoms with Gasteiger partial charge in [0.2, 0.25) is 12.2 Å². The van der Waals surface area contributed by atoms with Gasteiger partial charge in [-0.2, -0.15) is 0 Å². The first-order chi connectivity index (χ1) is 15.4. The van der Waals surface area contributed by atoms with Crippen LogP contribution in [0.4, 0.5) is 0 Å². The van der Waals surface area contributed by atoms with E-state index in [9.17, 15) is 9.59 Å². The number of carbonyl (C=O) groups excluding carboxylic acids is 1. The van der Waals surface area contributed by atoms with Gasteiger partial charge >= 0.3 is 0 Å². The molecule has 160 valence electrons. The lowest BCUT2D eigenvalue weighted by molar-refractivity contribution is 0.103. The van der Waals surface area contributed by atoms with Crippen LogP contribution >= 0.6 is 0 Å². The molecule has 1 aromatic heterocycles. The topological polar surface area (TPSA) is 57.5 Å². The number of rotatable bonds is 4. The van der Waals surface area contributed by atoms with E-state index in [1.165, 1.54) is 0 Å². The fourth-order valence-corrected chi connectivity index (χ4v) is 4.12. The molecule has 0 atom stereocenters. The maximum absolute atomic E-state index is 13.4. The number of carbonyl (C=O) groups is 1. The molecule has 32 heavy (non-hydrogen) atoms. The summed E-state index contributed by atoms with van der Waals surface area (Å²) in [5.41, 5.74) is 5.40. The van der Waals surface area contributed by atoms with Gasteiger partial charge in [0.15, 0.2) is 17.3 Å². The van der Waals surface area contributed by atoms with Crippen molar-refractivity contribution in [3.05, 3.63) is 104 Å². The average molecular weight is 425 g/mol. The number of hydrogen-bond donors (Lipinski definition) is 0. The highest BCUT2D eigenvalue weighted by molar-refractivity contribution is 6.10. The number of ether oxygens (including phenoxy) is 2. The first kappa shape index (κ1) is 20.1. The van der Waals surface area contributed by atoms with E-state index in [0.717, 1.165) is 22.3 Å². The van der Waals surface area contributed by atoms with Crippen molar-refractivity contribution in [2.45, 2.75) is 27.3 Å². The van der Waals surface area contributed by atoms with Crippen molar-refractivity contribution in [2.24, 2.45) is 0 Å². The summed E-state index contributed by atoms with van der Waals surface area (Å²) in [5.74, 6) is 0.839. The molecule has 0 N–H and O–H groups in total. The van der Waals surface area contributed by atoms with Crippen LogP contribution in [-0.2, 0) is 6.54 Å². The number of pyridine rings is 1. The van der Waals surface area contributed by atoms with Gasteiger partial charge in [-0.15, -0.1) is 0 Å². The summed E-state index contributed by atoms with van der Waals surface area (Å²) in [6.45, 7) is 6.64. The van der Waals surface area contributed by atoms with Crippen molar-refractivity contribution in [3.63, 3.8) is 0 Å². The Morgan fingerprint density at radius 1 is 0.938 bits per heavy atom. The lowest BCUT2D eigenvalue weighted by Gasteiger charge is -2.15. The quantitative estimate of drug-likeness (QED) is 0.435. The highest BCUT2D eigenvalue weighted by atomic mass is 16.7. The maximum atomic E-state index is 13.4. The third-order valence-corrected chi connectivity index (χ3v) is 6.02. The SMILES string of the molecule is Cc1cccc(Cn2cc(C(=O)c3ccc(C)c(C)c3)c(=O)c3cc4c(cc32)OCO4)c1. The standard InChI is InChI=1S/C27H23NO4/c1-16-5-4-6-19(9-16)13-28-14-22(26(29)20-8-7-17(2)18(3)10-20)27(30)21-11-24-25(12-23(21)28)32-15-31-24/h4-12,14H,13,15H2,1-3H3. The van der Waals surface area contributed by atoms with Crippen LogP contribution in [-0.4, -0.2) is 17.1 Å². The summed E-state index contributed by atoms with van der Waals surface area (Å²) >= 11 is 0. The van der Waals surface area contributed by atoms with Gasteiger partial charge < -0.3 is 14.0 Å². The summed E-state index contributed by atoms with van der Waals surface area (Å²) < 4.78 is 13.0. The third kappa shape index (κ3) is 3.46. The molecule has 1 aliphatic rings. The minimum absolute atomic E-state index is 0.117. The molecular weight excluding hydrogens is 402 g/mol. The Labute approximate surface area is 185 Å². The lowest BCUT2D eigenvalue weighted by atomic mass is 9.98. The second-order valence-electron chi connectivity index (χ2n) is 8.34. The number of nitrogens with zero attached hydrogens (tertiary/aromatic N) is 1. The molecule has 1 aliphatic heterocycles. The van der Waals surface area contributed by atoms with Gasteiger partial charge in [-0.25, -0.2) is 0 Å². The van der Waals surface area contributed by atoms with Gasteiger partial charge in [-0.1, -0.05) is 42.0 Å². The largest absolute Gasteiger partial charge is 0.454 e. The molecule has 3 aromatic carbocycles. The Kier molecular flexibility index (Phi) is 4.82. The molecule has 5 rings (SSSR count). The zero-order chi connectivity index (χ0) is 22.4. The minimum atomic E-state index is -0.304. The normalized spacial score (nSPS) is 12.3. The molecule has 0 saturated heterocycles. The van der Waals surface area contributed by atoms with E-state index in [-0.39, 0.29) is 23.6 Å². The first-order valence-corrected chi connectivity index (χ1v) is 10.5. The lowest BCUT2D eigenvalue weighted by Crippen LogP contribution is -2.20. The van der Waals surface area contributed by atoms with Crippen molar-refractivity contribution in [1.82, 2.24) is 4.57 Å². The smallest absolute Gasteiger partial charge is 0.231 e. The predicted octanol–water partition coefficient (Wildman–Crippen LogP) is 4.93. The number of aromatic nitrogens is 1. The summed E-state index contributed by atoms with van der Waals surface area (Å²) in [5, 5.41) is 0.441. The zero-order valence-electron chi connectivity index (χ0n) is 18.3. The summed E-state index contributed by atoms with van der Waals surface area (Å²) in [6.07, 6.45) is 1.67. The Morgan fingerprint density at radius 3 is 2.47 bits per heavy atom. The van der Waals surface area contributed by atoms with Crippen LogP contribution in [0.3, 0.4) is 0 Å². The van der Waals surface area contributed by atoms with E-state index in [2.05, 4.69) is 6.07 Å². The maximum Gasteiger partial charge on any atom is 0.231 e. The van der Waals surface area contributed by atoms with E-state index in [1.54, 1.807) is 18.3 Å². The van der Waals surface area contributed by atoms with Crippen LogP contribution in [0, 0.1) is 20.8 Å². The molecule has 0 saturated carbocycles. The molecule has 0 aliphatic carbocycles. The first-order valence-electron chi connectivity index (χ1n) is 10.5. The molecule has 0 spiro atoms. The van der Waals surface area contributed by atoms with E-state index < -0.39 is 0 Å². The molecule has 0 unspecified atom stereocenters. The van der Waals surface area contributed by atoms with Gasteiger partial charge in [-0.05, 0) is 49.6 Å². The van der Waals surface area contributed by atoms with Crippen molar-refractivity contribution in [3.8, 4) is 11.5 Å². The third-order valence-electron chi connectivity index (χ3n) is 6.02. The molecule has 0 bridgehead atoms. The van der Waals surface area contributed by atoms with Crippen LogP contribution in [0.1, 0.15) is 38.2 Å². The number of fused-ring (bicyclic) bond motifs is 2. The van der Waals surface area contributed by atoms with Gasteiger partial charge in [-0.3, -0.25) is 9.59 Å². The highest BCUT2D eigenvalue weighted by Crippen LogP contribution is 2.35. The number of aryl methyl sites for hydroxylation is 3. The van der Waals surface area contributed by atoms with Crippen molar-refractivity contribution in [1.29, 1.82) is 0 Å². The molecule has 4 aromatic rings. The number of ketones is 1. The second kappa shape index (κ2) is 7.68. The molecule has 0 fully saturated rings. The van der Waals surface area contributed by atoms with Gasteiger partial charge in [0.05, 0.1) is 16.5 Å². The molecular formula is C27H23NO4. The van der Waals surface area contributed by atoms with E-state index in [1.807, 2.05) is 61.7 Å². The monoisotopic (exact) mass is 425 g/mol. The fraction of sp³-hybridized carbons (Fsp3) is 0.185. The van der Waals surface area contributed by atoms with Crippen molar-refractivity contribution in [2.75, 3.05) is 6.79 Å². The predicted molar refractivity (Wildman–Crippen MR) is 124 cm³/mol. The van der Waals surface area contributed by atoms with E-state index >= 15 is 0 Å². The molecule has 2 heterocycles. The minimum Gasteiger partial charge on any atom is -0.454 e. The van der Waals surface area contributed by atoms with E-state index in [4.69, 9.17) is 9.47 Å². The van der Waals surface area contributed by atoms with Gasteiger partial charge in [0.25, 0.3) is 0 Å². The fourth-order valence-electron chi connectivity index (χ4n) is 4.12. The van der Waals surface area contributed by atoms with Gasteiger partial charge in [0.1, 0.15) is 0 Å². The van der Waals surface area contributed by atoms with Gasteiger partial charge in [0, 0.05) is 24.4 Å². The van der Waals surface area contributed by atoms with Crippen LogP contribution in [0.2, 0.25) is 0 Å². The Balaban J connectivity index is 1.72. The van der Waals surface area contributed by atoms with Crippen LogP contribution < -0.4 is 14.9 Å².